The van der Waals surface area contributed by atoms with E-state index in [0.717, 1.165) is 19.3 Å². The van der Waals surface area contributed by atoms with Crippen molar-refractivity contribution in [3.8, 4) is 0 Å². The first-order chi connectivity index (χ1) is 9.20. The molecule has 0 amide bonds. The maximum atomic E-state index is 4.21. The van der Waals surface area contributed by atoms with Crippen molar-refractivity contribution in [2.75, 3.05) is 7.05 Å². The average Bonchev–Trinajstić information content (AvgIpc) is 2.82. The fourth-order valence-electron chi connectivity index (χ4n) is 2.25. The molecule has 1 aromatic carbocycles. The van der Waals surface area contributed by atoms with Gasteiger partial charge in [-0.1, -0.05) is 34.1 Å². The predicted molar refractivity (Wildman–Crippen MR) is 82.2 cm³/mol. The summed E-state index contributed by atoms with van der Waals surface area (Å²) in [7, 11) is 4.03. The van der Waals surface area contributed by atoms with E-state index >= 15 is 0 Å². The summed E-state index contributed by atoms with van der Waals surface area (Å²) in [5.74, 6) is 0. The van der Waals surface area contributed by atoms with Crippen molar-refractivity contribution in [2.45, 2.75) is 25.3 Å². The van der Waals surface area contributed by atoms with Gasteiger partial charge < -0.3 is 5.32 Å². The van der Waals surface area contributed by atoms with E-state index in [1.54, 1.807) is 0 Å². The molecule has 0 aliphatic rings. The van der Waals surface area contributed by atoms with E-state index in [0.29, 0.717) is 6.04 Å². The van der Waals surface area contributed by atoms with Gasteiger partial charge in [-0.05, 0) is 44.0 Å². The van der Waals surface area contributed by atoms with Crippen LogP contribution in [-0.4, -0.2) is 22.9 Å². The van der Waals surface area contributed by atoms with Crippen LogP contribution in [0.15, 0.2) is 41.0 Å². The van der Waals surface area contributed by atoms with Crippen LogP contribution in [0.3, 0.4) is 0 Å². The van der Waals surface area contributed by atoms with Gasteiger partial charge in [-0.2, -0.15) is 5.10 Å². The smallest absolute Gasteiger partial charge is 0.0492 e. The molecule has 0 saturated carbocycles. The molecule has 4 heteroatoms. The minimum Gasteiger partial charge on any atom is -0.317 e. The summed E-state index contributed by atoms with van der Waals surface area (Å²) >= 11 is 3.61. The molecule has 2 rings (SSSR count). The summed E-state index contributed by atoms with van der Waals surface area (Å²) in [5, 5.41) is 7.62. The Kier molecular flexibility index (Phi) is 5.16. The second kappa shape index (κ2) is 6.87. The van der Waals surface area contributed by atoms with Crippen LogP contribution in [0.1, 0.15) is 17.7 Å². The number of aryl methyl sites for hydroxylation is 2. The summed E-state index contributed by atoms with van der Waals surface area (Å²) in [6, 6.07) is 11.0. The van der Waals surface area contributed by atoms with Crippen molar-refractivity contribution in [1.29, 1.82) is 0 Å². The summed E-state index contributed by atoms with van der Waals surface area (Å²) < 4.78 is 3.14. The number of likely N-dealkylation sites (N-methyl/N-ethyl adjacent to an activating group) is 1. The molecule has 19 heavy (non-hydrogen) atoms. The molecule has 1 N–H and O–H groups in total. The number of nitrogens with zero attached hydrogens (tertiary/aromatic N) is 2. The van der Waals surface area contributed by atoms with E-state index in [9.17, 15) is 0 Å². The Balaban J connectivity index is 1.94. The van der Waals surface area contributed by atoms with Crippen LogP contribution < -0.4 is 5.32 Å². The fourth-order valence-corrected chi connectivity index (χ4v) is 2.69. The first-order valence-electron chi connectivity index (χ1n) is 6.58. The molecule has 0 aliphatic carbocycles. The zero-order valence-electron chi connectivity index (χ0n) is 11.4. The normalized spacial score (nSPS) is 12.6. The lowest BCUT2D eigenvalue weighted by Crippen LogP contribution is -2.28. The molecular weight excluding hydrogens is 302 g/mol. The standard InChI is InChI=1S/C15H20BrN3/c1-17-13(7-8-14-9-10-18-19(14)2)11-12-5-3-4-6-15(12)16/h3-6,9-10,13,17H,7-8,11H2,1-2H3. The molecule has 0 spiro atoms. The molecule has 1 unspecified atom stereocenters. The zero-order valence-corrected chi connectivity index (χ0v) is 13.0. The lowest BCUT2D eigenvalue weighted by Gasteiger charge is -2.17. The number of rotatable bonds is 6. The molecule has 1 heterocycles. The van der Waals surface area contributed by atoms with Crippen molar-refractivity contribution in [3.63, 3.8) is 0 Å². The number of aromatic nitrogens is 2. The van der Waals surface area contributed by atoms with Gasteiger partial charge in [0.25, 0.3) is 0 Å². The summed E-state index contributed by atoms with van der Waals surface area (Å²) in [4.78, 5) is 0. The van der Waals surface area contributed by atoms with Gasteiger partial charge in [0.1, 0.15) is 0 Å². The molecule has 0 radical (unpaired) electrons. The highest BCUT2D eigenvalue weighted by atomic mass is 79.9. The third kappa shape index (κ3) is 3.91. The predicted octanol–water partition coefficient (Wildman–Crippen LogP) is 2.95. The molecule has 0 bridgehead atoms. The maximum Gasteiger partial charge on any atom is 0.0492 e. The minimum atomic E-state index is 0.480. The second-order valence-corrected chi connectivity index (χ2v) is 5.62. The number of benzene rings is 1. The largest absolute Gasteiger partial charge is 0.317 e. The number of hydrogen-bond donors (Lipinski definition) is 1. The number of nitrogens with one attached hydrogen (secondary N) is 1. The quantitative estimate of drug-likeness (QED) is 0.886. The molecular formula is C15H20BrN3. The fraction of sp³-hybridized carbons (Fsp3) is 0.400. The van der Waals surface area contributed by atoms with Gasteiger partial charge in [0.2, 0.25) is 0 Å². The van der Waals surface area contributed by atoms with Crippen LogP contribution in [0.25, 0.3) is 0 Å². The van der Waals surface area contributed by atoms with E-state index in [-0.39, 0.29) is 0 Å². The molecule has 1 atom stereocenters. The van der Waals surface area contributed by atoms with Crippen molar-refractivity contribution in [1.82, 2.24) is 15.1 Å². The highest BCUT2D eigenvalue weighted by Gasteiger charge is 2.10. The highest BCUT2D eigenvalue weighted by Crippen LogP contribution is 2.18. The maximum absolute atomic E-state index is 4.21. The van der Waals surface area contributed by atoms with Gasteiger partial charge in [-0.25, -0.2) is 0 Å². The van der Waals surface area contributed by atoms with E-state index in [2.05, 4.69) is 56.7 Å². The Morgan fingerprint density at radius 1 is 1.32 bits per heavy atom. The Bertz CT molecular complexity index is 522. The summed E-state index contributed by atoms with van der Waals surface area (Å²) in [6.45, 7) is 0. The molecule has 1 aromatic heterocycles. The number of hydrogen-bond acceptors (Lipinski definition) is 2. The van der Waals surface area contributed by atoms with Crippen LogP contribution in [0.4, 0.5) is 0 Å². The van der Waals surface area contributed by atoms with Gasteiger partial charge >= 0.3 is 0 Å². The van der Waals surface area contributed by atoms with Crippen LogP contribution in [-0.2, 0) is 19.9 Å². The zero-order chi connectivity index (χ0) is 13.7. The van der Waals surface area contributed by atoms with Crippen molar-refractivity contribution < 1.29 is 0 Å². The summed E-state index contributed by atoms with van der Waals surface area (Å²) in [6.07, 6.45) is 5.05. The first-order valence-corrected chi connectivity index (χ1v) is 7.37. The van der Waals surface area contributed by atoms with Gasteiger partial charge in [0.15, 0.2) is 0 Å². The van der Waals surface area contributed by atoms with Gasteiger partial charge in [-0.15, -0.1) is 0 Å². The Morgan fingerprint density at radius 3 is 2.74 bits per heavy atom. The lowest BCUT2D eigenvalue weighted by atomic mass is 10.0. The summed E-state index contributed by atoms with van der Waals surface area (Å²) in [5.41, 5.74) is 2.64. The molecule has 0 saturated heterocycles. The molecule has 2 aromatic rings. The van der Waals surface area contributed by atoms with Crippen LogP contribution in [0.2, 0.25) is 0 Å². The van der Waals surface area contributed by atoms with Crippen LogP contribution in [0.5, 0.6) is 0 Å². The van der Waals surface area contributed by atoms with Gasteiger partial charge in [0, 0.05) is 29.5 Å². The topological polar surface area (TPSA) is 29.9 Å². The van der Waals surface area contributed by atoms with Gasteiger partial charge in [-0.3, -0.25) is 4.68 Å². The van der Waals surface area contributed by atoms with E-state index < -0.39 is 0 Å². The monoisotopic (exact) mass is 321 g/mol. The Labute approximate surface area is 123 Å². The van der Waals surface area contributed by atoms with Crippen molar-refractivity contribution >= 4 is 15.9 Å². The van der Waals surface area contributed by atoms with Gasteiger partial charge in [0.05, 0.1) is 0 Å². The van der Waals surface area contributed by atoms with Crippen LogP contribution in [0, 0.1) is 0 Å². The van der Waals surface area contributed by atoms with E-state index in [1.165, 1.54) is 15.7 Å². The molecule has 102 valence electrons. The first kappa shape index (κ1) is 14.3. The highest BCUT2D eigenvalue weighted by molar-refractivity contribution is 9.10. The molecule has 0 fully saturated rings. The van der Waals surface area contributed by atoms with Crippen molar-refractivity contribution in [2.24, 2.45) is 7.05 Å². The third-order valence-electron chi connectivity index (χ3n) is 3.50. The van der Waals surface area contributed by atoms with Crippen molar-refractivity contribution in [3.05, 3.63) is 52.3 Å². The van der Waals surface area contributed by atoms with E-state index in [4.69, 9.17) is 0 Å². The lowest BCUT2D eigenvalue weighted by molar-refractivity contribution is 0.509. The minimum absolute atomic E-state index is 0.480. The molecule has 0 aliphatic heterocycles. The van der Waals surface area contributed by atoms with Crippen LogP contribution >= 0.6 is 15.9 Å². The Morgan fingerprint density at radius 2 is 2.11 bits per heavy atom. The third-order valence-corrected chi connectivity index (χ3v) is 4.28. The average molecular weight is 322 g/mol. The van der Waals surface area contributed by atoms with E-state index in [1.807, 2.05) is 25.0 Å². The SMILES string of the molecule is CNC(CCc1ccnn1C)Cc1ccccc1Br. The number of halogens is 1. The second-order valence-electron chi connectivity index (χ2n) is 4.77. The molecule has 3 nitrogen and oxygen atoms in total. The Hall–Kier alpha value is -1.13.